The third kappa shape index (κ3) is 4.66. The van der Waals surface area contributed by atoms with Gasteiger partial charge in [0, 0.05) is 12.1 Å². The molecule has 27 heavy (non-hydrogen) atoms. The molecule has 4 atom stereocenters. The highest BCUT2D eigenvalue weighted by Crippen LogP contribution is 2.36. The van der Waals surface area contributed by atoms with Gasteiger partial charge in [0.15, 0.2) is 0 Å². The summed E-state index contributed by atoms with van der Waals surface area (Å²) >= 11 is 5.89. The van der Waals surface area contributed by atoms with Gasteiger partial charge >= 0.3 is 0 Å². The summed E-state index contributed by atoms with van der Waals surface area (Å²) in [6, 6.07) is 7.60. The molecule has 2 saturated carbocycles. The van der Waals surface area contributed by atoms with Crippen molar-refractivity contribution in [3.63, 3.8) is 0 Å². The van der Waals surface area contributed by atoms with Crippen LogP contribution in [0.2, 0.25) is 0 Å². The lowest BCUT2D eigenvalue weighted by Gasteiger charge is -2.37. The first-order chi connectivity index (χ1) is 12.9. The molecule has 0 radical (unpaired) electrons. The molecule has 148 valence electrons. The Morgan fingerprint density at radius 2 is 1.81 bits per heavy atom. The van der Waals surface area contributed by atoms with E-state index in [1.165, 1.54) is 6.42 Å². The number of nitrogens with one attached hydrogen (secondary N) is 1. The largest absolute Gasteiger partial charge is 0.351 e. The Labute approximate surface area is 167 Å². The first kappa shape index (κ1) is 20.2. The quantitative estimate of drug-likeness (QED) is 0.740. The van der Waals surface area contributed by atoms with Crippen molar-refractivity contribution in [2.75, 3.05) is 5.88 Å². The van der Waals surface area contributed by atoms with Crippen molar-refractivity contribution in [3.05, 3.63) is 35.4 Å². The summed E-state index contributed by atoms with van der Waals surface area (Å²) in [5, 5.41) is 3.28. The Hall–Kier alpha value is -1.55. The van der Waals surface area contributed by atoms with E-state index < -0.39 is 6.04 Å². The van der Waals surface area contributed by atoms with Gasteiger partial charge in [0.2, 0.25) is 11.8 Å². The Morgan fingerprint density at radius 1 is 1.15 bits per heavy atom. The second kappa shape index (κ2) is 8.64. The third-order valence-corrected chi connectivity index (χ3v) is 6.53. The molecular weight excluding hydrogens is 360 g/mol. The van der Waals surface area contributed by atoms with Crippen LogP contribution in [-0.4, -0.2) is 34.7 Å². The molecule has 1 aromatic rings. The summed E-state index contributed by atoms with van der Waals surface area (Å²) in [5.41, 5.74) is 1.99. The molecule has 2 fully saturated rings. The lowest BCUT2D eigenvalue weighted by Crippen LogP contribution is -2.50. The summed E-state index contributed by atoms with van der Waals surface area (Å²) < 4.78 is 0. The second-order valence-corrected chi connectivity index (χ2v) is 8.63. The van der Waals surface area contributed by atoms with Crippen LogP contribution in [0.1, 0.15) is 63.1 Å². The zero-order chi connectivity index (χ0) is 19.6. The Balaban J connectivity index is 1.87. The molecule has 0 aromatic heterocycles. The minimum Gasteiger partial charge on any atom is -0.351 e. The highest BCUT2D eigenvalue weighted by molar-refractivity contribution is 6.27. The highest BCUT2D eigenvalue weighted by atomic mass is 35.5. The number of benzene rings is 1. The van der Waals surface area contributed by atoms with Gasteiger partial charge in [-0.1, -0.05) is 56.5 Å². The van der Waals surface area contributed by atoms with Crippen molar-refractivity contribution in [2.24, 2.45) is 11.8 Å². The summed E-state index contributed by atoms with van der Waals surface area (Å²) in [6.45, 7) is 6.50. The van der Waals surface area contributed by atoms with Crippen molar-refractivity contribution in [2.45, 2.75) is 71.0 Å². The predicted octanol–water partition coefficient (Wildman–Crippen LogP) is 4.21. The zero-order valence-corrected chi connectivity index (χ0v) is 17.3. The number of carbonyl (C=O) groups is 2. The normalized spacial score (nSPS) is 26.3. The van der Waals surface area contributed by atoms with E-state index in [1.54, 1.807) is 4.90 Å². The van der Waals surface area contributed by atoms with Gasteiger partial charge in [-0.3, -0.25) is 9.59 Å². The van der Waals surface area contributed by atoms with Gasteiger partial charge in [0.05, 0.1) is 0 Å². The Morgan fingerprint density at radius 3 is 2.41 bits per heavy atom. The molecule has 0 bridgehead atoms. The molecule has 2 aliphatic rings. The molecule has 3 rings (SSSR count). The van der Waals surface area contributed by atoms with Gasteiger partial charge in [-0.2, -0.15) is 0 Å². The van der Waals surface area contributed by atoms with Gasteiger partial charge in [0.1, 0.15) is 11.9 Å². The van der Waals surface area contributed by atoms with Crippen LogP contribution in [0.3, 0.4) is 0 Å². The first-order valence-electron chi connectivity index (χ1n) is 10.2. The minimum atomic E-state index is -0.603. The van der Waals surface area contributed by atoms with Crippen LogP contribution in [0.25, 0.3) is 0 Å². The van der Waals surface area contributed by atoms with E-state index in [0.717, 1.165) is 36.8 Å². The Bertz CT molecular complexity index is 671. The molecule has 0 unspecified atom stereocenters. The molecule has 0 aliphatic heterocycles. The number of hydrogen-bond donors (Lipinski definition) is 1. The molecule has 0 saturated heterocycles. The van der Waals surface area contributed by atoms with Crippen LogP contribution >= 0.6 is 11.6 Å². The number of amides is 2. The summed E-state index contributed by atoms with van der Waals surface area (Å²) in [7, 11) is 0. The number of halogens is 1. The van der Waals surface area contributed by atoms with Crippen LogP contribution in [-0.2, 0) is 9.59 Å². The predicted molar refractivity (Wildman–Crippen MR) is 109 cm³/mol. The summed E-state index contributed by atoms with van der Waals surface area (Å²) in [4.78, 5) is 27.7. The molecule has 1 aromatic carbocycles. The maximum absolute atomic E-state index is 13.4. The maximum atomic E-state index is 13.4. The van der Waals surface area contributed by atoms with Crippen molar-refractivity contribution < 1.29 is 9.59 Å². The molecule has 5 heteroatoms. The SMILES string of the molecule is Cc1ccc([C@H](C(=O)N[C@@H]2CCC[C@H](C)[C@@H]2C)N(C(=O)CCl)C2CC2)cc1. The van der Waals surface area contributed by atoms with Crippen molar-refractivity contribution >= 4 is 23.4 Å². The third-order valence-electron chi connectivity index (χ3n) is 6.30. The average molecular weight is 391 g/mol. The van der Waals surface area contributed by atoms with Crippen LogP contribution in [0.4, 0.5) is 0 Å². The number of alkyl halides is 1. The smallest absolute Gasteiger partial charge is 0.247 e. The van der Waals surface area contributed by atoms with Gasteiger partial charge in [-0.05, 0) is 43.6 Å². The molecule has 2 aliphatic carbocycles. The van der Waals surface area contributed by atoms with Crippen LogP contribution < -0.4 is 5.32 Å². The lowest BCUT2D eigenvalue weighted by molar-refractivity contribution is -0.140. The minimum absolute atomic E-state index is 0.0739. The second-order valence-electron chi connectivity index (χ2n) is 8.36. The van der Waals surface area contributed by atoms with Crippen molar-refractivity contribution in [1.29, 1.82) is 0 Å². The van der Waals surface area contributed by atoms with Crippen LogP contribution in [0.15, 0.2) is 24.3 Å². The molecule has 0 heterocycles. The number of nitrogens with zero attached hydrogens (tertiary/aromatic N) is 1. The van der Waals surface area contributed by atoms with E-state index in [0.29, 0.717) is 11.8 Å². The van der Waals surface area contributed by atoms with E-state index >= 15 is 0 Å². The standard InChI is InChI=1S/C22H31ClN2O2/c1-14-7-9-17(10-8-14)21(25(18-11-12-18)20(26)13-23)22(27)24-19-6-4-5-15(2)16(19)3/h7-10,15-16,18-19,21H,4-6,11-13H2,1-3H3,(H,24,27)/t15-,16-,19+,21+/m0/s1. The molecule has 4 nitrogen and oxygen atoms in total. The summed E-state index contributed by atoms with van der Waals surface area (Å²) in [6.07, 6.45) is 5.24. The zero-order valence-electron chi connectivity index (χ0n) is 16.6. The lowest BCUT2D eigenvalue weighted by atomic mass is 9.78. The van der Waals surface area contributed by atoms with Gasteiger partial charge in [-0.25, -0.2) is 0 Å². The molecule has 1 N–H and O–H groups in total. The van der Waals surface area contributed by atoms with Gasteiger partial charge in [-0.15, -0.1) is 11.6 Å². The monoisotopic (exact) mass is 390 g/mol. The fourth-order valence-electron chi connectivity index (χ4n) is 4.21. The highest BCUT2D eigenvalue weighted by Gasteiger charge is 2.42. The topological polar surface area (TPSA) is 49.4 Å². The van der Waals surface area contributed by atoms with E-state index in [9.17, 15) is 9.59 Å². The van der Waals surface area contributed by atoms with E-state index in [-0.39, 0.29) is 29.8 Å². The van der Waals surface area contributed by atoms with E-state index in [1.807, 2.05) is 31.2 Å². The van der Waals surface area contributed by atoms with Gasteiger partial charge < -0.3 is 10.2 Å². The average Bonchev–Trinajstić information content (AvgIpc) is 3.48. The van der Waals surface area contributed by atoms with E-state index in [2.05, 4.69) is 19.2 Å². The maximum Gasteiger partial charge on any atom is 0.247 e. The first-order valence-corrected chi connectivity index (χ1v) is 10.7. The molecule has 2 amide bonds. The molecule has 0 spiro atoms. The summed E-state index contributed by atoms with van der Waals surface area (Å²) in [5.74, 6) is 0.716. The van der Waals surface area contributed by atoms with E-state index in [4.69, 9.17) is 11.6 Å². The fraction of sp³-hybridized carbons (Fsp3) is 0.636. The number of carbonyl (C=O) groups excluding carboxylic acids is 2. The van der Waals surface area contributed by atoms with Crippen LogP contribution in [0, 0.1) is 18.8 Å². The number of hydrogen-bond acceptors (Lipinski definition) is 2. The van der Waals surface area contributed by atoms with Gasteiger partial charge in [0.25, 0.3) is 0 Å². The number of aryl methyl sites for hydroxylation is 1. The Kier molecular flexibility index (Phi) is 6.46. The molecular formula is C22H31ClN2O2. The number of rotatable bonds is 6. The van der Waals surface area contributed by atoms with Crippen LogP contribution in [0.5, 0.6) is 0 Å². The van der Waals surface area contributed by atoms with Crippen molar-refractivity contribution in [1.82, 2.24) is 10.2 Å². The fourth-order valence-corrected chi connectivity index (χ4v) is 4.35. The van der Waals surface area contributed by atoms with Crippen molar-refractivity contribution in [3.8, 4) is 0 Å².